The van der Waals surface area contributed by atoms with Crippen molar-refractivity contribution >= 4 is 37.6 Å². The first-order valence-corrected chi connectivity index (χ1v) is 8.69. The van der Waals surface area contributed by atoms with Crippen molar-refractivity contribution in [1.82, 2.24) is 0 Å². The van der Waals surface area contributed by atoms with Crippen LogP contribution in [0.5, 0.6) is 5.75 Å². The first kappa shape index (κ1) is 16.3. The Morgan fingerprint density at radius 1 is 1.24 bits per heavy atom. The summed E-state index contributed by atoms with van der Waals surface area (Å²) in [6.07, 6.45) is 0. The number of ether oxygens (including phenoxy) is 1. The molecule has 4 nitrogen and oxygen atoms in total. The average molecular weight is 391 g/mol. The molecule has 7 heteroatoms. The fraction of sp³-hybridized carbons (Fsp3) is 0.143. The van der Waals surface area contributed by atoms with Crippen LogP contribution in [0.15, 0.2) is 45.8 Å². The van der Waals surface area contributed by atoms with Crippen molar-refractivity contribution in [2.75, 3.05) is 0 Å². The second-order valence-electron chi connectivity index (χ2n) is 4.50. The van der Waals surface area contributed by atoms with Gasteiger partial charge < -0.3 is 4.74 Å². The molecule has 0 aromatic heterocycles. The van der Waals surface area contributed by atoms with Gasteiger partial charge in [-0.1, -0.05) is 33.6 Å². The van der Waals surface area contributed by atoms with Gasteiger partial charge in [0, 0.05) is 15.1 Å². The van der Waals surface area contributed by atoms with Gasteiger partial charge in [-0.25, -0.2) is 13.6 Å². The number of halogens is 2. The molecule has 0 spiro atoms. The molecule has 0 heterocycles. The molecule has 0 amide bonds. The molecule has 0 bridgehead atoms. The number of benzene rings is 2. The van der Waals surface area contributed by atoms with Gasteiger partial charge in [0.25, 0.3) is 0 Å². The van der Waals surface area contributed by atoms with E-state index in [1.54, 1.807) is 25.1 Å². The van der Waals surface area contributed by atoms with Crippen LogP contribution in [0.2, 0.25) is 5.02 Å². The van der Waals surface area contributed by atoms with E-state index in [0.29, 0.717) is 22.9 Å². The molecule has 0 saturated carbocycles. The molecule has 21 heavy (non-hydrogen) atoms. The van der Waals surface area contributed by atoms with Crippen molar-refractivity contribution in [3.63, 3.8) is 0 Å². The predicted octanol–water partition coefficient (Wildman–Crippen LogP) is 3.64. The van der Waals surface area contributed by atoms with Crippen LogP contribution in [0.4, 0.5) is 0 Å². The first-order chi connectivity index (χ1) is 9.77. The summed E-state index contributed by atoms with van der Waals surface area (Å²) in [5.41, 5.74) is 1.38. The lowest BCUT2D eigenvalue weighted by atomic mass is 10.2. The van der Waals surface area contributed by atoms with Gasteiger partial charge in [0.2, 0.25) is 10.0 Å². The zero-order chi connectivity index (χ0) is 15.6. The third-order valence-corrected chi connectivity index (χ3v) is 4.78. The van der Waals surface area contributed by atoms with E-state index in [4.69, 9.17) is 21.5 Å². The summed E-state index contributed by atoms with van der Waals surface area (Å²) in [6.45, 7) is 1.96. The van der Waals surface area contributed by atoms with E-state index < -0.39 is 10.0 Å². The summed E-state index contributed by atoms with van der Waals surface area (Å²) in [5.74, 6) is 0.555. The number of hydrogen-bond acceptors (Lipinski definition) is 3. The Morgan fingerprint density at radius 2 is 1.95 bits per heavy atom. The van der Waals surface area contributed by atoms with Gasteiger partial charge in [-0.15, -0.1) is 0 Å². The minimum absolute atomic E-state index is 0.0940. The third kappa shape index (κ3) is 4.20. The van der Waals surface area contributed by atoms with Crippen molar-refractivity contribution in [2.24, 2.45) is 5.14 Å². The van der Waals surface area contributed by atoms with E-state index in [-0.39, 0.29) is 4.90 Å². The molecule has 112 valence electrons. The van der Waals surface area contributed by atoms with Crippen LogP contribution in [0, 0.1) is 6.92 Å². The maximum absolute atomic E-state index is 11.3. The quantitative estimate of drug-likeness (QED) is 0.866. The van der Waals surface area contributed by atoms with Gasteiger partial charge in [0.05, 0.1) is 4.90 Å². The third-order valence-electron chi connectivity index (χ3n) is 2.86. The first-order valence-electron chi connectivity index (χ1n) is 5.97. The summed E-state index contributed by atoms with van der Waals surface area (Å²) in [6, 6.07) is 10.2. The molecule has 0 atom stereocenters. The maximum Gasteiger partial charge on any atom is 0.238 e. The normalized spacial score (nSPS) is 11.4. The van der Waals surface area contributed by atoms with Gasteiger partial charge in [0.15, 0.2) is 0 Å². The Bertz CT molecular complexity index is 778. The standard InChI is InChI=1S/C14H13BrClNO3S/c1-9-6-12(4-5-14(9)21(17,18)19)20-8-10-2-3-11(15)7-13(10)16/h2-7H,8H2,1H3,(H2,17,18,19). The van der Waals surface area contributed by atoms with Crippen LogP contribution in [0.3, 0.4) is 0 Å². The van der Waals surface area contributed by atoms with Gasteiger partial charge in [-0.05, 0) is 42.8 Å². The molecule has 0 aliphatic carbocycles. The van der Waals surface area contributed by atoms with Gasteiger partial charge in [-0.3, -0.25) is 0 Å². The lowest BCUT2D eigenvalue weighted by Crippen LogP contribution is -2.13. The predicted molar refractivity (Wildman–Crippen MR) is 86.0 cm³/mol. The molecule has 2 aromatic rings. The number of hydrogen-bond donors (Lipinski definition) is 1. The highest BCUT2D eigenvalue weighted by atomic mass is 79.9. The molecule has 2 aromatic carbocycles. The van der Waals surface area contributed by atoms with Crippen molar-refractivity contribution in [1.29, 1.82) is 0 Å². The van der Waals surface area contributed by atoms with E-state index in [9.17, 15) is 8.42 Å². The molecular weight excluding hydrogens is 378 g/mol. The van der Waals surface area contributed by atoms with Crippen molar-refractivity contribution in [2.45, 2.75) is 18.4 Å². The Hall–Kier alpha value is -1.08. The maximum atomic E-state index is 11.3. The highest BCUT2D eigenvalue weighted by Gasteiger charge is 2.12. The molecule has 2 N–H and O–H groups in total. The summed E-state index contributed by atoms with van der Waals surface area (Å²) in [4.78, 5) is 0.0940. The molecule has 0 fully saturated rings. The van der Waals surface area contributed by atoms with E-state index in [0.717, 1.165) is 10.0 Å². The highest BCUT2D eigenvalue weighted by molar-refractivity contribution is 9.10. The Morgan fingerprint density at radius 3 is 2.52 bits per heavy atom. The van der Waals surface area contributed by atoms with Gasteiger partial charge in [-0.2, -0.15) is 0 Å². The molecule has 0 unspecified atom stereocenters. The van der Waals surface area contributed by atoms with Crippen LogP contribution >= 0.6 is 27.5 Å². The second kappa shape index (κ2) is 6.36. The minimum atomic E-state index is -3.71. The van der Waals surface area contributed by atoms with E-state index >= 15 is 0 Å². The van der Waals surface area contributed by atoms with Crippen molar-refractivity contribution in [3.05, 3.63) is 57.0 Å². The van der Waals surface area contributed by atoms with Crippen LogP contribution in [-0.4, -0.2) is 8.42 Å². The Labute approximate surface area is 137 Å². The SMILES string of the molecule is Cc1cc(OCc2ccc(Br)cc2Cl)ccc1S(N)(=O)=O. The molecular formula is C14H13BrClNO3S. The van der Waals surface area contributed by atoms with Gasteiger partial charge in [0.1, 0.15) is 12.4 Å². The zero-order valence-electron chi connectivity index (χ0n) is 11.1. The van der Waals surface area contributed by atoms with Gasteiger partial charge >= 0.3 is 0 Å². The minimum Gasteiger partial charge on any atom is -0.489 e. The molecule has 0 aliphatic rings. The number of rotatable bonds is 4. The lowest BCUT2D eigenvalue weighted by Gasteiger charge is -2.10. The molecule has 0 saturated heterocycles. The lowest BCUT2D eigenvalue weighted by molar-refractivity contribution is 0.306. The summed E-state index contributed by atoms with van der Waals surface area (Å²) in [7, 11) is -3.71. The number of sulfonamides is 1. The Balaban J connectivity index is 2.16. The summed E-state index contributed by atoms with van der Waals surface area (Å²) >= 11 is 9.44. The summed E-state index contributed by atoms with van der Waals surface area (Å²) < 4.78 is 29.2. The summed E-state index contributed by atoms with van der Waals surface area (Å²) in [5, 5.41) is 5.72. The second-order valence-corrected chi connectivity index (χ2v) is 7.35. The van der Waals surface area contributed by atoms with E-state index in [1.807, 2.05) is 12.1 Å². The molecule has 2 rings (SSSR count). The van der Waals surface area contributed by atoms with E-state index in [1.165, 1.54) is 6.07 Å². The number of nitrogens with two attached hydrogens (primary N) is 1. The number of aryl methyl sites for hydroxylation is 1. The number of primary sulfonamides is 1. The van der Waals surface area contributed by atoms with Crippen LogP contribution in [-0.2, 0) is 16.6 Å². The van der Waals surface area contributed by atoms with Crippen molar-refractivity contribution < 1.29 is 13.2 Å². The largest absolute Gasteiger partial charge is 0.489 e. The monoisotopic (exact) mass is 389 g/mol. The van der Waals surface area contributed by atoms with E-state index in [2.05, 4.69) is 15.9 Å². The highest BCUT2D eigenvalue weighted by Crippen LogP contribution is 2.24. The fourth-order valence-corrected chi connectivity index (χ4v) is 3.32. The van der Waals surface area contributed by atoms with Crippen LogP contribution in [0.1, 0.15) is 11.1 Å². The Kier molecular flexibility index (Phi) is 4.93. The van der Waals surface area contributed by atoms with Crippen LogP contribution < -0.4 is 9.88 Å². The zero-order valence-corrected chi connectivity index (χ0v) is 14.3. The smallest absolute Gasteiger partial charge is 0.238 e. The van der Waals surface area contributed by atoms with Crippen LogP contribution in [0.25, 0.3) is 0 Å². The van der Waals surface area contributed by atoms with Crippen molar-refractivity contribution in [3.8, 4) is 5.75 Å². The topological polar surface area (TPSA) is 69.4 Å². The molecule has 0 aliphatic heterocycles. The average Bonchev–Trinajstić information content (AvgIpc) is 2.36. The molecule has 0 radical (unpaired) electrons. The fourth-order valence-electron chi connectivity index (χ4n) is 1.83.